The van der Waals surface area contributed by atoms with Gasteiger partial charge in [-0.2, -0.15) is 5.26 Å². The molecule has 0 unspecified atom stereocenters. The molecule has 1 aromatic carbocycles. The van der Waals surface area contributed by atoms with Crippen LogP contribution in [0.4, 0.5) is 5.69 Å². The maximum absolute atomic E-state index is 12.3. The number of pyridine rings is 1. The number of carbonyl (C=O) groups excluding carboxylic acids is 1. The number of hydrogen-bond donors (Lipinski definition) is 1. The van der Waals surface area contributed by atoms with Crippen molar-refractivity contribution >= 4 is 33.4 Å². The largest absolute Gasteiger partial charge is 0.324 e. The van der Waals surface area contributed by atoms with Gasteiger partial charge in [-0.3, -0.25) is 4.79 Å². The highest BCUT2D eigenvalue weighted by atomic mass is 32.2. The Morgan fingerprint density at radius 2 is 1.96 bits per heavy atom. The predicted molar refractivity (Wildman–Crippen MR) is 100 cm³/mol. The first kappa shape index (κ1) is 19.9. The molecule has 1 N–H and O–H groups in total. The van der Waals surface area contributed by atoms with E-state index in [4.69, 9.17) is 5.26 Å². The van der Waals surface area contributed by atoms with Gasteiger partial charge in [0.15, 0.2) is 0 Å². The lowest BCUT2D eigenvalue weighted by Crippen LogP contribution is -2.23. The van der Waals surface area contributed by atoms with Gasteiger partial charge in [-0.25, -0.2) is 17.7 Å². The Morgan fingerprint density at radius 1 is 1.27 bits per heavy atom. The fraction of sp³-hybridized carbons (Fsp3) is 0.235. The molecule has 136 valence electrons. The summed E-state index contributed by atoms with van der Waals surface area (Å²) in [5.74, 6) is -0.274. The summed E-state index contributed by atoms with van der Waals surface area (Å²) in [5.41, 5.74) is 0.835. The van der Waals surface area contributed by atoms with E-state index in [1.54, 1.807) is 37.3 Å². The molecule has 0 aliphatic carbocycles. The zero-order valence-corrected chi connectivity index (χ0v) is 16.1. The van der Waals surface area contributed by atoms with Crippen LogP contribution >= 0.6 is 11.8 Å². The maximum Gasteiger partial charge on any atom is 0.244 e. The quantitative estimate of drug-likeness (QED) is 0.759. The van der Waals surface area contributed by atoms with Crippen LogP contribution in [0.25, 0.3) is 0 Å². The number of aromatic nitrogens is 1. The molecule has 0 aliphatic heterocycles. The van der Waals surface area contributed by atoms with Gasteiger partial charge in [0.05, 0.1) is 21.5 Å². The van der Waals surface area contributed by atoms with Crippen molar-refractivity contribution in [3.05, 3.63) is 48.2 Å². The second kappa shape index (κ2) is 8.31. The van der Waals surface area contributed by atoms with Crippen LogP contribution in [0, 0.1) is 11.3 Å². The zero-order chi connectivity index (χ0) is 19.3. The van der Waals surface area contributed by atoms with E-state index in [-0.39, 0.29) is 10.8 Å². The van der Waals surface area contributed by atoms with E-state index in [1.165, 1.54) is 38.1 Å². The molecule has 1 heterocycles. The number of thioether (sulfide) groups is 1. The van der Waals surface area contributed by atoms with Crippen molar-refractivity contribution in [3.63, 3.8) is 0 Å². The van der Waals surface area contributed by atoms with E-state index in [1.807, 2.05) is 6.07 Å². The molecule has 1 atom stereocenters. The van der Waals surface area contributed by atoms with Crippen molar-refractivity contribution in [1.82, 2.24) is 9.29 Å². The summed E-state index contributed by atoms with van der Waals surface area (Å²) < 4.78 is 25.2. The molecule has 2 aromatic rings. The molecule has 0 spiro atoms. The summed E-state index contributed by atoms with van der Waals surface area (Å²) in [4.78, 5) is 16.5. The van der Waals surface area contributed by atoms with Crippen LogP contribution in [-0.4, -0.2) is 43.0 Å². The summed E-state index contributed by atoms with van der Waals surface area (Å²) in [6.07, 6.45) is 1.27. The normalized spacial score (nSPS) is 12.4. The number of nitrogens with one attached hydrogen (secondary N) is 1. The van der Waals surface area contributed by atoms with E-state index in [9.17, 15) is 13.2 Å². The molecule has 0 saturated heterocycles. The van der Waals surface area contributed by atoms with Crippen molar-refractivity contribution in [2.45, 2.75) is 22.1 Å². The van der Waals surface area contributed by atoms with Gasteiger partial charge in [0.2, 0.25) is 15.9 Å². The molecular formula is C17H18N4O3S2. The zero-order valence-electron chi connectivity index (χ0n) is 14.5. The molecule has 0 fully saturated rings. The minimum Gasteiger partial charge on any atom is -0.324 e. The lowest BCUT2D eigenvalue weighted by atomic mass is 10.2. The third-order valence-electron chi connectivity index (χ3n) is 3.46. The molecular weight excluding hydrogens is 372 g/mol. The van der Waals surface area contributed by atoms with Gasteiger partial charge in [0.25, 0.3) is 0 Å². The summed E-state index contributed by atoms with van der Waals surface area (Å²) in [6, 6.07) is 11.8. The van der Waals surface area contributed by atoms with E-state index in [2.05, 4.69) is 10.3 Å². The number of rotatable bonds is 6. The van der Waals surface area contributed by atoms with E-state index < -0.39 is 15.3 Å². The van der Waals surface area contributed by atoms with Crippen molar-refractivity contribution < 1.29 is 13.2 Å². The summed E-state index contributed by atoms with van der Waals surface area (Å²) in [6.45, 7) is 1.71. The van der Waals surface area contributed by atoms with Gasteiger partial charge in [-0.1, -0.05) is 23.9 Å². The van der Waals surface area contributed by atoms with Crippen molar-refractivity contribution in [3.8, 4) is 6.07 Å². The predicted octanol–water partition coefficient (Wildman–Crippen LogP) is 2.32. The van der Waals surface area contributed by atoms with Crippen molar-refractivity contribution in [1.29, 1.82) is 5.26 Å². The van der Waals surface area contributed by atoms with Crippen LogP contribution in [0.2, 0.25) is 0 Å². The molecule has 0 radical (unpaired) electrons. The van der Waals surface area contributed by atoms with Crippen LogP contribution in [-0.2, 0) is 14.8 Å². The number of benzene rings is 1. The molecule has 7 nitrogen and oxygen atoms in total. The average Bonchev–Trinajstić information content (AvgIpc) is 2.62. The highest BCUT2D eigenvalue weighted by Crippen LogP contribution is 2.24. The first-order chi connectivity index (χ1) is 12.3. The Kier molecular flexibility index (Phi) is 6.37. The molecule has 0 bridgehead atoms. The third kappa shape index (κ3) is 4.60. The molecule has 0 aliphatic rings. The standard InChI is InChI=1S/C17H18N4O3S2/c1-12(17(22)20-15-7-5-4-6-13(15)10-18)25-16-9-8-14(11-19-16)26(23,24)21(2)3/h4-9,11-12H,1-3H3,(H,20,22)/t12-/m1/s1. The van der Waals surface area contributed by atoms with E-state index >= 15 is 0 Å². The number of hydrogen-bond acceptors (Lipinski definition) is 6. The van der Waals surface area contributed by atoms with Crippen LogP contribution in [0.5, 0.6) is 0 Å². The Balaban J connectivity index is 2.06. The number of para-hydroxylation sites is 1. The lowest BCUT2D eigenvalue weighted by molar-refractivity contribution is -0.115. The topological polar surface area (TPSA) is 103 Å². The Morgan fingerprint density at radius 3 is 2.54 bits per heavy atom. The summed E-state index contributed by atoms with van der Waals surface area (Å²) in [7, 11) is -0.639. The Hall–Kier alpha value is -2.41. The Bertz CT molecular complexity index is 935. The van der Waals surface area contributed by atoms with Gasteiger partial charge >= 0.3 is 0 Å². The SMILES string of the molecule is C[C@@H](Sc1ccc(S(=O)(=O)N(C)C)cn1)C(=O)Nc1ccccc1C#N. The van der Waals surface area contributed by atoms with Gasteiger partial charge in [0.1, 0.15) is 11.0 Å². The number of carbonyl (C=O) groups is 1. The maximum atomic E-state index is 12.3. The second-order valence-electron chi connectivity index (χ2n) is 5.53. The number of nitriles is 1. The van der Waals surface area contributed by atoms with Crippen LogP contribution in [0.3, 0.4) is 0 Å². The second-order valence-corrected chi connectivity index (χ2v) is 9.04. The first-order valence-corrected chi connectivity index (χ1v) is 9.93. The molecule has 26 heavy (non-hydrogen) atoms. The van der Waals surface area contributed by atoms with Gasteiger partial charge < -0.3 is 5.32 Å². The number of anilines is 1. The van der Waals surface area contributed by atoms with Gasteiger partial charge in [-0.15, -0.1) is 0 Å². The number of amides is 1. The highest BCUT2D eigenvalue weighted by Gasteiger charge is 2.19. The molecule has 9 heteroatoms. The third-order valence-corrected chi connectivity index (χ3v) is 6.31. The molecule has 1 aromatic heterocycles. The smallest absolute Gasteiger partial charge is 0.244 e. The van der Waals surface area contributed by atoms with Gasteiger partial charge in [-0.05, 0) is 31.2 Å². The number of sulfonamides is 1. The molecule has 1 amide bonds. The molecule has 0 saturated carbocycles. The fourth-order valence-corrected chi connectivity index (χ4v) is 3.59. The first-order valence-electron chi connectivity index (χ1n) is 7.61. The minimum absolute atomic E-state index is 0.0897. The van der Waals surface area contributed by atoms with Crippen LogP contribution in [0.15, 0.2) is 52.5 Å². The van der Waals surface area contributed by atoms with Crippen LogP contribution < -0.4 is 5.32 Å². The lowest BCUT2D eigenvalue weighted by Gasteiger charge is -2.13. The molecule has 2 rings (SSSR count). The fourth-order valence-electron chi connectivity index (χ4n) is 1.96. The number of nitrogens with zero attached hydrogens (tertiary/aromatic N) is 3. The summed E-state index contributed by atoms with van der Waals surface area (Å²) >= 11 is 1.20. The minimum atomic E-state index is -3.54. The highest BCUT2D eigenvalue weighted by molar-refractivity contribution is 8.00. The van der Waals surface area contributed by atoms with Gasteiger partial charge in [0, 0.05) is 20.3 Å². The monoisotopic (exact) mass is 390 g/mol. The Labute approximate surface area is 157 Å². The van der Waals surface area contributed by atoms with Crippen LogP contribution in [0.1, 0.15) is 12.5 Å². The summed E-state index contributed by atoms with van der Waals surface area (Å²) in [5, 5.41) is 11.8. The van der Waals surface area contributed by atoms with E-state index in [0.717, 1.165) is 4.31 Å². The van der Waals surface area contributed by atoms with E-state index in [0.29, 0.717) is 16.3 Å². The van der Waals surface area contributed by atoms with Crippen molar-refractivity contribution in [2.75, 3.05) is 19.4 Å². The van der Waals surface area contributed by atoms with Crippen molar-refractivity contribution in [2.24, 2.45) is 0 Å². The average molecular weight is 390 g/mol.